The second kappa shape index (κ2) is 21.2. The molecule has 372 valence electrons. The van der Waals surface area contributed by atoms with Crippen molar-refractivity contribution in [2.45, 2.75) is 35.1 Å². The van der Waals surface area contributed by atoms with Gasteiger partial charge in [-0.3, -0.25) is 14.4 Å². The first kappa shape index (κ1) is 51.3. The highest BCUT2D eigenvalue weighted by Crippen LogP contribution is 2.56. The molecule has 0 bridgehead atoms. The van der Waals surface area contributed by atoms with Gasteiger partial charge < -0.3 is 58.0 Å². The van der Waals surface area contributed by atoms with Crippen LogP contribution in [0.1, 0.15) is 62.1 Å². The van der Waals surface area contributed by atoms with E-state index in [-0.39, 0.29) is 45.6 Å². The number of ether oxygens (including phenoxy) is 9. The Balaban J connectivity index is 1.72. The molecule has 6 aromatic rings. The molecular formula is C54H48O18. The van der Waals surface area contributed by atoms with Gasteiger partial charge in [0.2, 0.25) is 17.3 Å². The van der Waals surface area contributed by atoms with E-state index < -0.39 is 92.6 Å². The smallest absolute Gasteiger partial charge is 0.339 e. The van der Waals surface area contributed by atoms with Crippen LogP contribution in [0.4, 0.5) is 0 Å². The van der Waals surface area contributed by atoms with Gasteiger partial charge in [-0.05, 0) is 146 Å². The fourth-order valence-electron chi connectivity index (χ4n) is 8.48. The minimum atomic E-state index is -4.16. The van der Waals surface area contributed by atoms with Crippen molar-refractivity contribution in [2.75, 3.05) is 42.7 Å². The first-order chi connectivity index (χ1) is 34.6. The van der Waals surface area contributed by atoms with Crippen LogP contribution in [0.5, 0.6) is 34.5 Å². The number of rotatable bonds is 18. The van der Waals surface area contributed by atoms with Gasteiger partial charge in [-0.25, -0.2) is 14.4 Å². The lowest BCUT2D eigenvalue weighted by atomic mass is 9.52. The van der Waals surface area contributed by atoms with Crippen molar-refractivity contribution >= 4 is 35.3 Å². The Morgan fingerprint density at radius 2 is 0.528 bits per heavy atom. The number of Topliss-reactive ketones (excluding diaryl/α,β-unsaturated/α-hetero) is 3. The molecule has 6 atom stereocenters. The van der Waals surface area contributed by atoms with E-state index in [1.54, 1.807) is 0 Å². The van der Waals surface area contributed by atoms with Gasteiger partial charge >= 0.3 is 17.9 Å². The number of carbonyl (C=O) groups excluding carboxylic acids is 6. The Bertz CT molecular complexity index is 2800. The van der Waals surface area contributed by atoms with Crippen molar-refractivity contribution in [2.24, 2.45) is 0 Å². The second-order valence-corrected chi connectivity index (χ2v) is 16.1. The number of hydrogen-bond donors (Lipinski definition) is 3. The summed E-state index contributed by atoms with van der Waals surface area (Å²) in [4.78, 5) is 94.8. The minimum absolute atomic E-state index is 0.160. The maximum atomic E-state index is 16.7. The maximum Gasteiger partial charge on any atom is 0.339 e. The number of benzene rings is 6. The molecule has 72 heavy (non-hydrogen) atoms. The molecule has 6 aromatic carbocycles. The zero-order valence-corrected chi connectivity index (χ0v) is 39.6. The third-order valence-corrected chi connectivity index (χ3v) is 12.3. The van der Waals surface area contributed by atoms with Crippen molar-refractivity contribution in [3.63, 3.8) is 0 Å². The summed E-state index contributed by atoms with van der Waals surface area (Å²) in [5.41, 5.74) is -15.0. The molecule has 18 nitrogen and oxygen atoms in total. The molecule has 18 heteroatoms. The zero-order chi connectivity index (χ0) is 52.0. The van der Waals surface area contributed by atoms with E-state index in [4.69, 9.17) is 42.6 Å². The SMILES string of the molecule is COc1ccc(C(=O)O[C@@]2(C(=O)c3ccc(OC)cc3)[C@@](OC(=O)c3ccc(OC)cc3)(C(=O)c3ccc(OC)cc3)[C@@H](O)[C@H](O)[C@@H](O)[C@@]2(OC(=O)c2ccc(OC)cc2)C(=O)c2ccc(OC)cc2)cc1. The van der Waals surface area contributed by atoms with Crippen LogP contribution < -0.4 is 28.4 Å². The lowest BCUT2D eigenvalue weighted by Crippen LogP contribution is -2.91. The molecule has 7 rings (SSSR count). The fraction of sp³-hybridized carbons (Fsp3) is 0.222. The van der Waals surface area contributed by atoms with Gasteiger partial charge in [-0.15, -0.1) is 0 Å². The van der Waals surface area contributed by atoms with E-state index in [0.717, 1.165) is 36.4 Å². The van der Waals surface area contributed by atoms with E-state index in [1.807, 2.05) is 0 Å². The van der Waals surface area contributed by atoms with Gasteiger partial charge in [0.15, 0.2) is 0 Å². The fourth-order valence-corrected chi connectivity index (χ4v) is 8.48. The Hall–Kier alpha value is -8.58. The molecule has 1 aliphatic rings. The summed E-state index contributed by atoms with van der Waals surface area (Å²) < 4.78 is 50.9. The van der Waals surface area contributed by atoms with Crippen molar-refractivity contribution < 1.29 is 86.7 Å². The average Bonchev–Trinajstić information content (AvgIpc) is 3.43. The molecule has 1 fully saturated rings. The normalized spacial score (nSPS) is 21.2. The molecule has 0 amide bonds. The van der Waals surface area contributed by atoms with Crippen molar-refractivity contribution in [3.05, 3.63) is 179 Å². The highest BCUT2D eigenvalue weighted by molar-refractivity contribution is 6.21. The molecule has 1 saturated carbocycles. The standard InChI is InChI=1S/C54H48O18/c1-64-37-19-7-31(8-20-37)44(56)52(70-49(61)34-13-25-40(67-4)26-14-34)47(59)43(55)48(60)53(45(57)32-9-21-38(65-2)22-10-32,71-50(62)35-15-27-41(68-5)28-16-35)54(52,46(58)33-11-23-39(66-3)24-12-33)72-51(63)36-17-29-42(69-6)30-18-36/h7-30,43,47-48,55,59-60H,1-6H3/t43-,47-,48+,52+,53-,54-. The first-order valence-electron chi connectivity index (χ1n) is 21.8. The van der Waals surface area contributed by atoms with E-state index in [9.17, 15) is 15.3 Å². The summed E-state index contributed by atoms with van der Waals surface area (Å²) in [6, 6.07) is 29.4. The number of ketones is 3. The van der Waals surface area contributed by atoms with Gasteiger partial charge in [-0.2, -0.15) is 0 Å². The summed E-state index contributed by atoms with van der Waals surface area (Å²) in [5, 5.41) is 38.5. The third-order valence-electron chi connectivity index (χ3n) is 12.3. The Morgan fingerprint density at radius 1 is 0.319 bits per heavy atom. The molecule has 3 N–H and O–H groups in total. The summed E-state index contributed by atoms with van der Waals surface area (Å²) in [7, 11) is 8.01. The van der Waals surface area contributed by atoms with Gasteiger partial charge in [-0.1, -0.05) is 0 Å². The highest BCUT2D eigenvalue weighted by atomic mass is 16.7. The van der Waals surface area contributed by atoms with Crippen LogP contribution in [0.15, 0.2) is 146 Å². The quantitative estimate of drug-likeness (QED) is 0.0541. The van der Waals surface area contributed by atoms with E-state index in [1.165, 1.54) is 152 Å². The van der Waals surface area contributed by atoms with Gasteiger partial charge in [0.25, 0.3) is 16.8 Å². The molecule has 0 radical (unpaired) electrons. The van der Waals surface area contributed by atoms with Crippen molar-refractivity contribution in [1.29, 1.82) is 0 Å². The Labute approximate surface area is 412 Å². The van der Waals surface area contributed by atoms with Crippen LogP contribution >= 0.6 is 0 Å². The summed E-state index contributed by atoms with van der Waals surface area (Å²) in [6.45, 7) is 0. The average molecular weight is 985 g/mol. The number of carbonyl (C=O) groups is 6. The molecule has 0 heterocycles. The maximum absolute atomic E-state index is 16.7. The number of aliphatic hydroxyl groups excluding tert-OH is 3. The van der Waals surface area contributed by atoms with Gasteiger partial charge in [0, 0.05) is 16.7 Å². The number of aliphatic hydroxyl groups is 3. The highest BCUT2D eigenvalue weighted by Gasteiger charge is 2.88. The monoisotopic (exact) mass is 984 g/mol. The van der Waals surface area contributed by atoms with Crippen LogP contribution in [0.3, 0.4) is 0 Å². The Kier molecular flexibility index (Phi) is 15.1. The number of hydrogen-bond acceptors (Lipinski definition) is 18. The Morgan fingerprint density at radius 3 is 0.764 bits per heavy atom. The van der Waals surface area contributed by atoms with Gasteiger partial charge in [0.1, 0.15) is 52.8 Å². The van der Waals surface area contributed by atoms with E-state index in [0.29, 0.717) is 0 Å². The number of esters is 3. The molecule has 0 spiro atoms. The zero-order valence-electron chi connectivity index (χ0n) is 39.6. The first-order valence-corrected chi connectivity index (χ1v) is 21.8. The van der Waals surface area contributed by atoms with E-state index >= 15 is 28.8 Å². The molecule has 0 aliphatic heterocycles. The van der Waals surface area contributed by atoms with Gasteiger partial charge in [0.05, 0.1) is 59.3 Å². The van der Waals surface area contributed by atoms with Crippen LogP contribution in [-0.4, -0.2) is 128 Å². The molecule has 0 unspecified atom stereocenters. The predicted molar refractivity (Wildman–Crippen MR) is 253 cm³/mol. The second-order valence-electron chi connectivity index (χ2n) is 16.1. The molecule has 1 aliphatic carbocycles. The lowest BCUT2D eigenvalue weighted by Gasteiger charge is -2.60. The third kappa shape index (κ3) is 8.93. The minimum Gasteiger partial charge on any atom is -0.497 e. The van der Waals surface area contributed by atoms with Crippen LogP contribution in [-0.2, 0) is 14.2 Å². The van der Waals surface area contributed by atoms with E-state index in [2.05, 4.69) is 0 Å². The van der Waals surface area contributed by atoms with Crippen LogP contribution in [0.2, 0.25) is 0 Å². The number of methoxy groups -OCH3 is 6. The molecular weight excluding hydrogens is 937 g/mol. The van der Waals surface area contributed by atoms with Crippen molar-refractivity contribution in [1.82, 2.24) is 0 Å². The molecule has 0 aromatic heterocycles. The van der Waals surface area contributed by atoms with Crippen molar-refractivity contribution in [3.8, 4) is 34.5 Å². The predicted octanol–water partition coefficient (Wildman–Crippen LogP) is 5.57. The lowest BCUT2D eigenvalue weighted by molar-refractivity contribution is -0.293. The summed E-state index contributed by atoms with van der Waals surface area (Å²) in [6.07, 6.45) is -9.03. The van der Waals surface area contributed by atoms with Crippen LogP contribution in [0, 0.1) is 0 Å². The summed E-state index contributed by atoms with van der Waals surface area (Å²) >= 11 is 0. The summed E-state index contributed by atoms with van der Waals surface area (Å²) in [5.74, 6) is -8.35. The largest absolute Gasteiger partial charge is 0.497 e. The molecule has 0 saturated heterocycles. The van der Waals surface area contributed by atoms with Crippen LogP contribution in [0.25, 0.3) is 0 Å². The topological polar surface area (TPSA) is 246 Å².